The second-order valence-corrected chi connectivity index (χ2v) is 5.29. The summed E-state index contributed by atoms with van der Waals surface area (Å²) in [6, 6.07) is 9.59. The van der Waals surface area contributed by atoms with E-state index >= 15 is 0 Å². The van der Waals surface area contributed by atoms with Crippen molar-refractivity contribution in [3.05, 3.63) is 59.9 Å². The zero-order chi connectivity index (χ0) is 19.9. The Bertz CT molecular complexity index is 795. The van der Waals surface area contributed by atoms with Gasteiger partial charge in [-0.1, -0.05) is 18.2 Å². The van der Waals surface area contributed by atoms with Crippen LogP contribution < -0.4 is 20.7 Å². The summed E-state index contributed by atoms with van der Waals surface area (Å²) < 4.78 is 53.1. The van der Waals surface area contributed by atoms with Crippen LogP contribution in [0, 0.1) is 5.82 Å². The molecule has 0 aliphatic rings. The minimum atomic E-state index is -4.84. The predicted octanol–water partition coefficient (Wildman–Crippen LogP) is 3.16. The second-order valence-electron chi connectivity index (χ2n) is 5.29. The van der Waals surface area contributed by atoms with Crippen molar-refractivity contribution < 1.29 is 31.9 Å². The van der Waals surface area contributed by atoms with E-state index in [1.807, 2.05) is 0 Å². The fraction of sp³-hybridized carbons (Fsp3) is 0.176. The number of hydrogen-bond acceptors (Lipinski definition) is 3. The fourth-order valence-corrected chi connectivity index (χ4v) is 1.98. The molecule has 0 fully saturated rings. The molecule has 0 aromatic heterocycles. The van der Waals surface area contributed by atoms with Gasteiger partial charge in [0, 0.05) is 18.3 Å². The summed E-state index contributed by atoms with van der Waals surface area (Å²) in [5.74, 6) is -1.52. The SMILES string of the molecule is O=C(CNC(=O)NCc1ccc(F)cc1)Nc1cccc(OC(F)(F)F)c1. The number of carbonyl (C=O) groups is 2. The Kier molecular flexibility index (Phi) is 6.58. The van der Waals surface area contributed by atoms with Crippen molar-refractivity contribution in [3.63, 3.8) is 0 Å². The molecule has 6 nitrogen and oxygen atoms in total. The maximum Gasteiger partial charge on any atom is 0.573 e. The van der Waals surface area contributed by atoms with E-state index in [9.17, 15) is 27.2 Å². The van der Waals surface area contributed by atoms with Gasteiger partial charge in [0.1, 0.15) is 11.6 Å². The van der Waals surface area contributed by atoms with Crippen LogP contribution in [0.25, 0.3) is 0 Å². The number of amides is 3. The van der Waals surface area contributed by atoms with Gasteiger partial charge in [-0.15, -0.1) is 13.2 Å². The van der Waals surface area contributed by atoms with Gasteiger partial charge in [0.15, 0.2) is 0 Å². The van der Waals surface area contributed by atoms with Crippen LogP contribution in [0.3, 0.4) is 0 Å². The summed E-state index contributed by atoms with van der Waals surface area (Å²) in [5.41, 5.74) is 0.743. The second kappa shape index (κ2) is 8.88. The molecular formula is C17H15F4N3O3. The number of rotatable bonds is 6. The van der Waals surface area contributed by atoms with Gasteiger partial charge in [0.05, 0.1) is 6.54 Å². The van der Waals surface area contributed by atoms with Crippen molar-refractivity contribution in [1.29, 1.82) is 0 Å². The van der Waals surface area contributed by atoms with Crippen LogP contribution in [-0.4, -0.2) is 24.8 Å². The highest BCUT2D eigenvalue weighted by molar-refractivity contribution is 5.94. The van der Waals surface area contributed by atoms with Crippen LogP contribution in [0.1, 0.15) is 5.56 Å². The van der Waals surface area contributed by atoms with Gasteiger partial charge in [-0.05, 0) is 29.8 Å². The molecule has 0 saturated heterocycles. The quantitative estimate of drug-likeness (QED) is 0.669. The molecule has 3 amide bonds. The molecule has 0 atom stereocenters. The molecule has 0 aliphatic carbocycles. The Balaban J connectivity index is 1.76. The first kappa shape index (κ1) is 20.0. The monoisotopic (exact) mass is 385 g/mol. The molecule has 10 heteroatoms. The first-order valence-corrected chi connectivity index (χ1v) is 7.63. The zero-order valence-electron chi connectivity index (χ0n) is 13.8. The summed E-state index contributed by atoms with van der Waals surface area (Å²) in [5, 5.41) is 7.10. The summed E-state index contributed by atoms with van der Waals surface area (Å²) in [6.07, 6.45) is -4.84. The van der Waals surface area contributed by atoms with E-state index in [1.165, 1.54) is 36.4 Å². The highest BCUT2D eigenvalue weighted by Crippen LogP contribution is 2.24. The molecule has 2 aromatic rings. The van der Waals surface area contributed by atoms with Crippen LogP contribution in [0.2, 0.25) is 0 Å². The predicted molar refractivity (Wildman–Crippen MR) is 88.4 cm³/mol. The van der Waals surface area contributed by atoms with Crippen molar-refractivity contribution in [1.82, 2.24) is 10.6 Å². The highest BCUT2D eigenvalue weighted by atomic mass is 19.4. The number of hydrogen-bond donors (Lipinski definition) is 3. The lowest BCUT2D eigenvalue weighted by atomic mass is 10.2. The van der Waals surface area contributed by atoms with Crippen molar-refractivity contribution in [2.24, 2.45) is 0 Å². The lowest BCUT2D eigenvalue weighted by Crippen LogP contribution is -2.39. The van der Waals surface area contributed by atoms with Crippen LogP contribution in [-0.2, 0) is 11.3 Å². The van der Waals surface area contributed by atoms with E-state index in [2.05, 4.69) is 20.7 Å². The zero-order valence-corrected chi connectivity index (χ0v) is 13.8. The summed E-state index contributed by atoms with van der Waals surface area (Å²) in [7, 11) is 0. The van der Waals surface area contributed by atoms with Gasteiger partial charge in [-0.25, -0.2) is 9.18 Å². The number of urea groups is 1. The fourth-order valence-electron chi connectivity index (χ4n) is 1.98. The van der Waals surface area contributed by atoms with Crippen LogP contribution in [0.15, 0.2) is 48.5 Å². The summed E-state index contributed by atoms with van der Waals surface area (Å²) >= 11 is 0. The largest absolute Gasteiger partial charge is 0.573 e. The van der Waals surface area contributed by atoms with Gasteiger partial charge in [-0.3, -0.25) is 4.79 Å². The Hall–Kier alpha value is -3.30. The first-order valence-electron chi connectivity index (χ1n) is 7.63. The smallest absolute Gasteiger partial charge is 0.406 e. The minimum Gasteiger partial charge on any atom is -0.406 e. The molecule has 144 valence electrons. The Morgan fingerprint density at radius 1 is 1.00 bits per heavy atom. The molecule has 0 saturated carbocycles. The molecule has 0 heterocycles. The lowest BCUT2D eigenvalue weighted by molar-refractivity contribution is -0.274. The maximum atomic E-state index is 12.8. The molecule has 0 aliphatic heterocycles. The van der Waals surface area contributed by atoms with Gasteiger partial charge in [0.2, 0.25) is 5.91 Å². The third kappa shape index (κ3) is 7.63. The third-order valence-electron chi connectivity index (χ3n) is 3.13. The Morgan fingerprint density at radius 3 is 2.37 bits per heavy atom. The van der Waals surface area contributed by atoms with Gasteiger partial charge >= 0.3 is 12.4 Å². The van der Waals surface area contributed by atoms with E-state index in [0.717, 1.165) is 12.1 Å². The van der Waals surface area contributed by atoms with E-state index in [-0.39, 0.29) is 12.2 Å². The van der Waals surface area contributed by atoms with Crippen molar-refractivity contribution >= 4 is 17.6 Å². The number of carbonyl (C=O) groups excluding carboxylic acids is 2. The number of ether oxygens (including phenoxy) is 1. The van der Waals surface area contributed by atoms with E-state index in [0.29, 0.717) is 5.56 Å². The van der Waals surface area contributed by atoms with Crippen LogP contribution in [0.4, 0.5) is 28.0 Å². The molecule has 0 bridgehead atoms. The third-order valence-corrected chi connectivity index (χ3v) is 3.13. The molecule has 3 N–H and O–H groups in total. The average molecular weight is 385 g/mol. The maximum absolute atomic E-state index is 12.8. The molecule has 2 aromatic carbocycles. The molecule has 0 radical (unpaired) electrons. The molecular weight excluding hydrogens is 370 g/mol. The number of alkyl halides is 3. The lowest BCUT2D eigenvalue weighted by Gasteiger charge is -2.11. The van der Waals surface area contributed by atoms with E-state index < -0.39 is 36.4 Å². The van der Waals surface area contributed by atoms with Crippen molar-refractivity contribution in [2.75, 3.05) is 11.9 Å². The minimum absolute atomic E-state index is 0.0790. The molecule has 0 spiro atoms. The molecule has 27 heavy (non-hydrogen) atoms. The number of nitrogens with one attached hydrogen (secondary N) is 3. The van der Waals surface area contributed by atoms with Gasteiger partial charge in [0.25, 0.3) is 0 Å². The standard InChI is InChI=1S/C17H15F4N3O3/c18-12-6-4-11(5-7-12)9-22-16(26)23-10-15(25)24-13-2-1-3-14(8-13)27-17(19,20)21/h1-8H,9-10H2,(H,24,25)(H2,22,23,26). The topological polar surface area (TPSA) is 79.5 Å². The Morgan fingerprint density at radius 2 is 1.70 bits per heavy atom. The summed E-state index contributed by atoms with van der Waals surface area (Å²) in [4.78, 5) is 23.4. The van der Waals surface area contributed by atoms with Crippen LogP contribution >= 0.6 is 0 Å². The average Bonchev–Trinajstić information content (AvgIpc) is 2.58. The van der Waals surface area contributed by atoms with Gasteiger partial charge in [-0.2, -0.15) is 0 Å². The van der Waals surface area contributed by atoms with E-state index in [4.69, 9.17) is 0 Å². The van der Waals surface area contributed by atoms with Crippen LogP contribution in [0.5, 0.6) is 5.75 Å². The molecule has 0 unspecified atom stereocenters. The van der Waals surface area contributed by atoms with E-state index in [1.54, 1.807) is 0 Å². The highest BCUT2D eigenvalue weighted by Gasteiger charge is 2.31. The Labute approximate surface area is 151 Å². The number of halogens is 4. The van der Waals surface area contributed by atoms with Crippen molar-refractivity contribution in [2.45, 2.75) is 12.9 Å². The summed E-state index contributed by atoms with van der Waals surface area (Å²) in [6.45, 7) is -0.274. The number of benzene rings is 2. The number of anilines is 1. The molecule has 2 rings (SSSR count). The van der Waals surface area contributed by atoms with Gasteiger partial charge < -0.3 is 20.7 Å². The first-order chi connectivity index (χ1) is 12.7. The van der Waals surface area contributed by atoms with Crippen molar-refractivity contribution in [3.8, 4) is 5.75 Å². The normalized spacial score (nSPS) is 10.8.